The second-order valence-electron chi connectivity index (χ2n) is 5.45. The van der Waals surface area contributed by atoms with Crippen molar-refractivity contribution in [3.63, 3.8) is 0 Å². The van der Waals surface area contributed by atoms with Crippen molar-refractivity contribution >= 4 is 0 Å². The van der Waals surface area contributed by atoms with Crippen LogP contribution in [0.4, 0.5) is 0 Å². The predicted molar refractivity (Wildman–Crippen MR) is 69.7 cm³/mol. The van der Waals surface area contributed by atoms with Gasteiger partial charge in [0.1, 0.15) is 5.75 Å². The zero-order valence-electron chi connectivity index (χ0n) is 11.2. The number of benzene rings is 1. The summed E-state index contributed by atoms with van der Waals surface area (Å²) in [7, 11) is 1.72. The van der Waals surface area contributed by atoms with Gasteiger partial charge >= 0.3 is 0 Å². The lowest BCUT2D eigenvalue weighted by atomic mass is 9.89. The molecule has 0 spiro atoms. The van der Waals surface area contributed by atoms with Gasteiger partial charge in [0.25, 0.3) is 0 Å². The lowest BCUT2D eigenvalue weighted by Crippen LogP contribution is -2.18. The molecule has 1 aromatic carbocycles. The molecule has 94 valence electrons. The highest BCUT2D eigenvalue weighted by atomic mass is 16.5. The highest BCUT2D eigenvalue weighted by Crippen LogP contribution is 2.49. The first-order valence-electron chi connectivity index (χ1n) is 6.39. The largest absolute Gasteiger partial charge is 0.496 e. The first-order chi connectivity index (χ1) is 7.99. The topological polar surface area (TPSA) is 29.5 Å². The molecular weight excluding hydrogens is 212 g/mol. The third-order valence-corrected chi connectivity index (χ3v) is 3.94. The van der Waals surface area contributed by atoms with Crippen molar-refractivity contribution in [3.05, 3.63) is 29.3 Å². The van der Waals surface area contributed by atoms with E-state index in [-0.39, 0.29) is 5.92 Å². The fourth-order valence-electron chi connectivity index (χ4n) is 2.46. The summed E-state index contributed by atoms with van der Waals surface area (Å²) in [6, 6.07) is 6.25. The van der Waals surface area contributed by atoms with Crippen molar-refractivity contribution < 1.29 is 9.84 Å². The Morgan fingerprint density at radius 1 is 1.18 bits per heavy atom. The van der Waals surface area contributed by atoms with Gasteiger partial charge in [-0.2, -0.15) is 0 Å². The SMILES string of the molecule is COc1c(C(C)C)cccc1C(C)C1(O)CC1. The quantitative estimate of drug-likeness (QED) is 0.864. The second kappa shape index (κ2) is 4.34. The van der Waals surface area contributed by atoms with Crippen LogP contribution in [0.25, 0.3) is 0 Å². The molecule has 0 aromatic heterocycles. The molecule has 0 amide bonds. The van der Waals surface area contributed by atoms with Gasteiger partial charge in [-0.15, -0.1) is 0 Å². The van der Waals surface area contributed by atoms with E-state index >= 15 is 0 Å². The Morgan fingerprint density at radius 2 is 1.76 bits per heavy atom. The summed E-state index contributed by atoms with van der Waals surface area (Å²) in [6.07, 6.45) is 1.81. The standard InChI is InChI=1S/C15H22O2/c1-10(2)12-6-5-7-13(14(12)17-4)11(3)15(16)8-9-15/h5-7,10-11,16H,8-9H2,1-4H3. The van der Waals surface area contributed by atoms with Crippen molar-refractivity contribution in [3.8, 4) is 5.75 Å². The van der Waals surface area contributed by atoms with E-state index in [1.165, 1.54) is 5.56 Å². The van der Waals surface area contributed by atoms with Crippen LogP contribution in [0.1, 0.15) is 56.6 Å². The highest BCUT2D eigenvalue weighted by Gasteiger charge is 2.46. The molecule has 0 aliphatic heterocycles. The number of methoxy groups -OCH3 is 1. The Hall–Kier alpha value is -1.02. The van der Waals surface area contributed by atoms with Crippen molar-refractivity contribution in [2.45, 2.75) is 51.0 Å². The third kappa shape index (κ3) is 2.19. The monoisotopic (exact) mass is 234 g/mol. The van der Waals surface area contributed by atoms with Crippen molar-refractivity contribution in [1.29, 1.82) is 0 Å². The van der Waals surface area contributed by atoms with Crippen LogP contribution >= 0.6 is 0 Å². The Morgan fingerprint density at radius 3 is 2.24 bits per heavy atom. The summed E-state index contributed by atoms with van der Waals surface area (Å²) in [6.45, 7) is 6.42. The predicted octanol–water partition coefficient (Wildman–Crippen LogP) is 3.45. The molecule has 0 radical (unpaired) electrons. The minimum absolute atomic E-state index is 0.149. The maximum atomic E-state index is 10.2. The van der Waals surface area contributed by atoms with E-state index in [0.29, 0.717) is 5.92 Å². The van der Waals surface area contributed by atoms with Gasteiger partial charge < -0.3 is 9.84 Å². The van der Waals surface area contributed by atoms with Crippen LogP contribution in [0, 0.1) is 0 Å². The summed E-state index contributed by atoms with van der Waals surface area (Å²) in [5, 5.41) is 10.2. The van der Waals surface area contributed by atoms with E-state index in [1.54, 1.807) is 7.11 Å². The van der Waals surface area contributed by atoms with Crippen molar-refractivity contribution in [2.24, 2.45) is 0 Å². The Balaban J connectivity index is 2.43. The molecule has 17 heavy (non-hydrogen) atoms. The molecule has 1 atom stereocenters. The molecule has 1 aliphatic rings. The summed E-state index contributed by atoms with van der Waals surface area (Å²) < 4.78 is 5.57. The summed E-state index contributed by atoms with van der Waals surface area (Å²) in [5.74, 6) is 1.54. The molecule has 2 rings (SSSR count). The molecule has 1 unspecified atom stereocenters. The number of ether oxygens (including phenoxy) is 1. The normalized spacial score (nSPS) is 19.2. The third-order valence-electron chi connectivity index (χ3n) is 3.94. The second-order valence-corrected chi connectivity index (χ2v) is 5.45. The summed E-state index contributed by atoms with van der Waals surface area (Å²) in [4.78, 5) is 0. The summed E-state index contributed by atoms with van der Waals surface area (Å²) in [5.41, 5.74) is 1.86. The maximum Gasteiger partial charge on any atom is 0.125 e. The van der Waals surface area contributed by atoms with Gasteiger partial charge in [-0.05, 0) is 24.3 Å². The minimum Gasteiger partial charge on any atom is -0.496 e. The van der Waals surface area contributed by atoms with Crippen LogP contribution < -0.4 is 4.74 Å². The van der Waals surface area contributed by atoms with E-state index in [2.05, 4.69) is 39.0 Å². The number of para-hydroxylation sites is 1. The van der Waals surface area contributed by atoms with Crippen molar-refractivity contribution in [2.75, 3.05) is 7.11 Å². The van der Waals surface area contributed by atoms with Crippen LogP contribution in [0.2, 0.25) is 0 Å². The molecule has 2 nitrogen and oxygen atoms in total. The van der Waals surface area contributed by atoms with Crippen LogP contribution in [0.5, 0.6) is 5.75 Å². The zero-order chi connectivity index (χ0) is 12.6. The van der Waals surface area contributed by atoms with Gasteiger partial charge in [0, 0.05) is 11.5 Å². The van der Waals surface area contributed by atoms with Gasteiger partial charge in [0.15, 0.2) is 0 Å². The van der Waals surface area contributed by atoms with Crippen LogP contribution in [-0.2, 0) is 0 Å². The first kappa shape index (κ1) is 12.4. The van der Waals surface area contributed by atoms with E-state index < -0.39 is 5.60 Å². The van der Waals surface area contributed by atoms with E-state index in [4.69, 9.17) is 4.74 Å². The Bertz CT molecular complexity index is 405. The molecule has 1 saturated carbocycles. The molecule has 1 fully saturated rings. The summed E-state index contributed by atoms with van der Waals surface area (Å²) >= 11 is 0. The van der Waals surface area contributed by atoms with Crippen LogP contribution in [0.15, 0.2) is 18.2 Å². The maximum absolute atomic E-state index is 10.2. The number of hydrogen-bond acceptors (Lipinski definition) is 2. The van der Waals surface area contributed by atoms with E-state index in [9.17, 15) is 5.11 Å². The van der Waals surface area contributed by atoms with E-state index in [0.717, 1.165) is 24.2 Å². The number of rotatable bonds is 4. The molecule has 1 N–H and O–H groups in total. The van der Waals surface area contributed by atoms with Gasteiger partial charge in [-0.3, -0.25) is 0 Å². The van der Waals surface area contributed by atoms with Gasteiger partial charge in [-0.25, -0.2) is 0 Å². The molecule has 1 aliphatic carbocycles. The van der Waals surface area contributed by atoms with Gasteiger partial charge in [0.2, 0.25) is 0 Å². The molecular formula is C15H22O2. The lowest BCUT2D eigenvalue weighted by Gasteiger charge is -2.23. The van der Waals surface area contributed by atoms with Crippen LogP contribution in [-0.4, -0.2) is 17.8 Å². The van der Waals surface area contributed by atoms with Crippen molar-refractivity contribution in [1.82, 2.24) is 0 Å². The lowest BCUT2D eigenvalue weighted by molar-refractivity contribution is 0.123. The molecule has 0 bridgehead atoms. The number of aliphatic hydroxyl groups is 1. The average molecular weight is 234 g/mol. The van der Waals surface area contributed by atoms with Gasteiger partial charge in [-0.1, -0.05) is 39.0 Å². The highest BCUT2D eigenvalue weighted by molar-refractivity contribution is 5.46. The zero-order valence-corrected chi connectivity index (χ0v) is 11.2. The molecule has 0 heterocycles. The Labute approximate surface area is 104 Å². The van der Waals surface area contributed by atoms with Gasteiger partial charge in [0.05, 0.1) is 12.7 Å². The van der Waals surface area contributed by atoms with Crippen LogP contribution in [0.3, 0.4) is 0 Å². The minimum atomic E-state index is -0.497. The fraction of sp³-hybridized carbons (Fsp3) is 0.600. The number of hydrogen-bond donors (Lipinski definition) is 1. The fourth-order valence-corrected chi connectivity index (χ4v) is 2.46. The average Bonchev–Trinajstić information content (AvgIpc) is 3.06. The molecule has 0 saturated heterocycles. The molecule has 2 heteroatoms. The molecule has 1 aromatic rings. The first-order valence-corrected chi connectivity index (χ1v) is 6.39. The van der Waals surface area contributed by atoms with E-state index in [1.807, 2.05) is 0 Å². The Kier molecular flexibility index (Phi) is 3.17. The smallest absolute Gasteiger partial charge is 0.125 e.